The molecule has 0 aromatic rings. The number of nitrogens with two attached hydrogens (primary N) is 1. The van der Waals surface area contributed by atoms with Gasteiger partial charge in [0.05, 0.1) is 0 Å². The van der Waals surface area contributed by atoms with Crippen LogP contribution in [0.5, 0.6) is 0 Å². The van der Waals surface area contributed by atoms with Gasteiger partial charge in [-0.2, -0.15) is 0 Å². The number of nitrogens with zero attached hydrogens (tertiary/aromatic N) is 2. The van der Waals surface area contributed by atoms with Crippen LogP contribution in [0.2, 0.25) is 0 Å². The van der Waals surface area contributed by atoms with Crippen molar-refractivity contribution in [3.05, 3.63) is 0 Å². The number of carbonyl (C=O) groups is 2. The maximum absolute atomic E-state index is 12.5. The van der Waals surface area contributed by atoms with Gasteiger partial charge in [-0.3, -0.25) is 9.59 Å². The molecule has 0 spiro atoms. The van der Waals surface area contributed by atoms with Gasteiger partial charge in [0.2, 0.25) is 11.8 Å². The lowest BCUT2D eigenvalue weighted by molar-refractivity contribution is -0.137. The van der Waals surface area contributed by atoms with Gasteiger partial charge in [0, 0.05) is 45.6 Å². The third-order valence-corrected chi connectivity index (χ3v) is 5.50. The van der Waals surface area contributed by atoms with E-state index in [1.54, 1.807) is 6.92 Å². The molecule has 2 aliphatic heterocycles. The Balaban J connectivity index is 1.77. The van der Waals surface area contributed by atoms with Crippen LogP contribution in [0.15, 0.2) is 0 Å². The van der Waals surface area contributed by atoms with Crippen LogP contribution in [0.1, 0.15) is 52.4 Å². The zero-order valence-corrected chi connectivity index (χ0v) is 14.1. The molecule has 2 aliphatic rings. The van der Waals surface area contributed by atoms with Crippen molar-refractivity contribution in [1.82, 2.24) is 9.80 Å². The van der Waals surface area contributed by atoms with Crippen LogP contribution in [-0.4, -0.2) is 53.8 Å². The number of likely N-dealkylation sites (tertiary alicyclic amines) is 2. The highest BCUT2D eigenvalue weighted by molar-refractivity contribution is 5.76. The van der Waals surface area contributed by atoms with Crippen molar-refractivity contribution in [2.45, 2.75) is 58.4 Å². The third kappa shape index (κ3) is 4.22. The zero-order chi connectivity index (χ0) is 16.1. The van der Waals surface area contributed by atoms with Crippen molar-refractivity contribution in [2.24, 2.45) is 17.6 Å². The molecule has 0 saturated carbocycles. The van der Waals surface area contributed by atoms with Crippen LogP contribution >= 0.6 is 0 Å². The Labute approximate surface area is 134 Å². The molecule has 5 heteroatoms. The SMILES string of the molecule is CC(=O)N1CCC(CCC(=O)N2CCC[C@@H](C)[C@@H]2CN)CC1. The van der Waals surface area contributed by atoms with E-state index in [1.165, 1.54) is 6.42 Å². The van der Waals surface area contributed by atoms with Gasteiger partial charge < -0.3 is 15.5 Å². The molecule has 2 saturated heterocycles. The summed E-state index contributed by atoms with van der Waals surface area (Å²) in [6.45, 7) is 6.97. The van der Waals surface area contributed by atoms with Gasteiger partial charge in [-0.25, -0.2) is 0 Å². The van der Waals surface area contributed by atoms with Crippen LogP contribution in [-0.2, 0) is 9.59 Å². The standard InChI is InChI=1S/C17H31N3O2/c1-13-4-3-9-20(16(13)12-18)17(22)6-5-15-7-10-19(11-8-15)14(2)21/h13,15-16H,3-12,18H2,1-2H3/t13-,16+/m1/s1. The third-order valence-electron chi connectivity index (χ3n) is 5.50. The van der Waals surface area contributed by atoms with Gasteiger partial charge in [0.1, 0.15) is 0 Å². The van der Waals surface area contributed by atoms with Crippen molar-refractivity contribution in [2.75, 3.05) is 26.2 Å². The topological polar surface area (TPSA) is 66.6 Å². The summed E-state index contributed by atoms with van der Waals surface area (Å²) >= 11 is 0. The molecule has 2 heterocycles. The van der Waals surface area contributed by atoms with Gasteiger partial charge in [-0.05, 0) is 43.9 Å². The fourth-order valence-electron chi connectivity index (χ4n) is 3.93. The van der Waals surface area contributed by atoms with Gasteiger partial charge >= 0.3 is 0 Å². The number of hydrogen-bond acceptors (Lipinski definition) is 3. The predicted molar refractivity (Wildman–Crippen MR) is 87.2 cm³/mol. The largest absolute Gasteiger partial charge is 0.343 e. The first kappa shape index (κ1) is 17.3. The first-order valence-electron chi connectivity index (χ1n) is 8.78. The molecule has 2 rings (SSSR count). The lowest BCUT2D eigenvalue weighted by atomic mass is 9.89. The maximum atomic E-state index is 12.5. The second-order valence-electron chi connectivity index (χ2n) is 7.00. The minimum Gasteiger partial charge on any atom is -0.343 e. The Hall–Kier alpha value is -1.10. The van der Waals surface area contributed by atoms with E-state index >= 15 is 0 Å². The zero-order valence-electron chi connectivity index (χ0n) is 14.1. The van der Waals surface area contributed by atoms with E-state index < -0.39 is 0 Å². The van der Waals surface area contributed by atoms with E-state index in [2.05, 4.69) is 6.92 Å². The summed E-state index contributed by atoms with van der Waals surface area (Å²) in [5, 5.41) is 0. The van der Waals surface area contributed by atoms with Crippen LogP contribution in [0.4, 0.5) is 0 Å². The summed E-state index contributed by atoms with van der Waals surface area (Å²) in [6, 6.07) is 0.223. The summed E-state index contributed by atoms with van der Waals surface area (Å²) in [5.41, 5.74) is 5.87. The number of piperidine rings is 2. The first-order valence-corrected chi connectivity index (χ1v) is 8.78. The molecule has 2 amide bonds. The number of hydrogen-bond donors (Lipinski definition) is 1. The second kappa shape index (κ2) is 7.95. The molecule has 0 aromatic heterocycles. The molecule has 0 aromatic carbocycles. The summed E-state index contributed by atoms with van der Waals surface area (Å²) in [7, 11) is 0. The second-order valence-corrected chi connectivity index (χ2v) is 7.00. The van der Waals surface area contributed by atoms with Gasteiger partial charge in [0.15, 0.2) is 0 Å². The lowest BCUT2D eigenvalue weighted by Crippen LogP contribution is -2.51. The molecule has 5 nitrogen and oxygen atoms in total. The molecule has 126 valence electrons. The fourth-order valence-corrected chi connectivity index (χ4v) is 3.93. The molecule has 22 heavy (non-hydrogen) atoms. The Kier molecular flexibility index (Phi) is 6.24. The quantitative estimate of drug-likeness (QED) is 0.858. The highest BCUT2D eigenvalue weighted by Gasteiger charge is 2.31. The van der Waals surface area contributed by atoms with Gasteiger partial charge in [-0.1, -0.05) is 6.92 Å². The van der Waals surface area contributed by atoms with Crippen LogP contribution < -0.4 is 5.73 Å². The van der Waals surface area contributed by atoms with Gasteiger partial charge in [0.25, 0.3) is 0 Å². The Morgan fingerprint density at radius 1 is 1.14 bits per heavy atom. The summed E-state index contributed by atoms with van der Waals surface area (Å²) in [6.07, 6.45) is 5.92. The van der Waals surface area contributed by atoms with Crippen LogP contribution in [0, 0.1) is 11.8 Å². The minimum atomic E-state index is 0.169. The smallest absolute Gasteiger partial charge is 0.222 e. The summed E-state index contributed by atoms with van der Waals surface area (Å²) in [4.78, 5) is 27.8. The average molecular weight is 309 g/mol. The Bertz CT molecular complexity index is 391. The van der Waals surface area contributed by atoms with E-state index in [-0.39, 0.29) is 17.9 Å². The first-order chi connectivity index (χ1) is 10.5. The molecule has 0 radical (unpaired) electrons. The highest BCUT2D eigenvalue weighted by Crippen LogP contribution is 2.26. The molecular formula is C17H31N3O2. The molecule has 0 aliphatic carbocycles. The number of carbonyl (C=O) groups excluding carboxylic acids is 2. The molecular weight excluding hydrogens is 278 g/mol. The molecule has 2 fully saturated rings. The average Bonchev–Trinajstić information content (AvgIpc) is 2.52. The monoisotopic (exact) mass is 309 g/mol. The Morgan fingerprint density at radius 2 is 1.82 bits per heavy atom. The van der Waals surface area contributed by atoms with Crippen molar-refractivity contribution >= 4 is 11.8 Å². The van der Waals surface area contributed by atoms with E-state index in [9.17, 15) is 9.59 Å². The van der Waals surface area contributed by atoms with Crippen molar-refractivity contribution < 1.29 is 9.59 Å². The highest BCUT2D eigenvalue weighted by atomic mass is 16.2. The molecule has 2 N–H and O–H groups in total. The van der Waals surface area contributed by atoms with Crippen molar-refractivity contribution in [1.29, 1.82) is 0 Å². The predicted octanol–water partition coefficient (Wildman–Crippen LogP) is 1.61. The molecule has 2 atom stereocenters. The van der Waals surface area contributed by atoms with Crippen molar-refractivity contribution in [3.8, 4) is 0 Å². The van der Waals surface area contributed by atoms with E-state index in [4.69, 9.17) is 5.73 Å². The summed E-state index contributed by atoms with van der Waals surface area (Å²) < 4.78 is 0. The van der Waals surface area contributed by atoms with Crippen LogP contribution in [0.3, 0.4) is 0 Å². The van der Waals surface area contributed by atoms with Crippen molar-refractivity contribution in [3.63, 3.8) is 0 Å². The lowest BCUT2D eigenvalue weighted by Gasteiger charge is -2.40. The number of rotatable bonds is 4. The molecule has 0 bridgehead atoms. The van der Waals surface area contributed by atoms with E-state index in [0.29, 0.717) is 24.8 Å². The Morgan fingerprint density at radius 3 is 2.41 bits per heavy atom. The normalized spacial score (nSPS) is 27.0. The minimum absolute atomic E-state index is 0.169. The maximum Gasteiger partial charge on any atom is 0.222 e. The van der Waals surface area contributed by atoms with E-state index in [0.717, 1.165) is 45.3 Å². The summed E-state index contributed by atoms with van der Waals surface area (Å²) in [5.74, 6) is 1.54. The molecule has 0 unspecified atom stereocenters. The fraction of sp³-hybridized carbons (Fsp3) is 0.882. The van der Waals surface area contributed by atoms with Crippen LogP contribution in [0.25, 0.3) is 0 Å². The number of amides is 2. The van der Waals surface area contributed by atoms with Gasteiger partial charge in [-0.15, -0.1) is 0 Å². The van der Waals surface area contributed by atoms with E-state index in [1.807, 2.05) is 9.80 Å².